The summed E-state index contributed by atoms with van der Waals surface area (Å²) in [6.07, 6.45) is 3.58. The first-order chi connectivity index (χ1) is 19.9. The van der Waals surface area contributed by atoms with Gasteiger partial charge in [0.1, 0.15) is 24.1 Å². The normalized spacial score (nSPS) is 13.8. The minimum absolute atomic E-state index is 0.138. The molecule has 0 aliphatic carbocycles. The first-order valence-electron chi connectivity index (χ1n) is 13.4. The molecule has 2 amide bonds. The van der Waals surface area contributed by atoms with Gasteiger partial charge in [0.05, 0.1) is 31.3 Å². The van der Waals surface area contributed by atoms with Gasteiger partial charge in [-0.1, -0.05) is 48.7 Å². The quantitative estimate of drug-likeness (QED) is 0.207. The Labute approximate surface area is 249 Å². The predicted octanol–water partition coefficient (Wildman–Crippen LogP) is 7.18. The predicted molar refractivity (Wildman–Crippen MR) is 162 cm³/mol. The maximum atomic E-state index is 14.5. The summed E-state index contributed by atoms with van der Waals surface area (Å²) in [6.45, 7) is 2.31. The number of carbonyl (C=O) groups excluding carboxylic acids is 2. The van der Waals surface area contributed by atoms with Gasteiger partial charge in [0.2, 0.25) is 5.91 Å². The Morgan fingerprint density at radius 2 is 1.63 bits per heavy atom. The molecule has 0 radical (unpaired) electrons. The second-order valence-electron chi connectivity index (χ2n) is 9.80. The van der Waals surface area contributed by atoms with Crippen LogP contribution in [0.4, 0.5) is 5.69 Å². The lowest BCUT2D eigenvalue weighted by Crippen LogP contribution is -2.47. The van der Waals surface area contributed by atoms with Crippen molar-refractivity contribution < 1.29 is 19.1 Å². The molecule has 212 valence electrons. The molecule has 1 aliphatic heterocycles. The van der Waals surface area contributed by atoms with Gasteiger partial charge in [-0.2, -0.15) is 0 Å². The van der Waals surface area contributed by atoms with Crippen LogP contribution in [0.1, 0.15) is 47.4 Å². The molecule has 1 aliphatic rings. The molecule has 1 atom stereocenters. The van der Waals surface area contributed by atoms with Crippen molar-refractivity contribution in [1.82, 2.24) is 9.47 Å². The highest BCUT2D eigenvalue weighted by Crippen LogP contribution is 2.45. The Balaban J connectivity index is 1.61. The smallest absolute Gasteiger partial charge is 0.254 e. The molecule has 4 aromatic rings. The second-order valence-corrected chi connectivity index (χ2v) is 10.7. The number of fused-ring (bicyclic) bond motifs is 3. The van der Waals surface area contributed by atoms with E-state index in [1.807, 2.05) is 67.7 Å². The average Bonchev–Trinajstić information content (AvgIpc) is 3.47. The molecule has 0 saturated heterocycles. The van der Waals surface area contributed by atoms with E-state index in [1.54, 1.807) is 42.2 Å². The number of amides is 2. The number of anilines is 1. The molecule has 1 unspecified atom stereocenters. The van der Waals surface area contributed by atoms with E-state index in [9.17, 15) is 9.59 Å². The minimum atomic E-state index is -0.541. The fraction of sp³-hybridized carbons (Fsp3) is 0.250. The summed E-state index contributed by atoms with van der Waals surface area (Å²) in [4.78, 5) is 31.5. The van der Waals surface area contributed by atoms with Crippen molar-refractivity contribution in [1.29, 1.82) is 0 Å². The molecule has 41 heavy (non-hydrogen) atoms. The SMILES string of the molecule is CCCCN(CC(=O)N1c2ccccc2-n2cccc2C1c1cc(OC)ccc1OC)C(=O)c1cc(Cl)cc(Cl)c1. The van der Waals surface area contributed by atoms with E-state index in [0.29, 0.717) is 33.7 Å². The highest BCUT2D eigenvalue weighted by Gasteiger charge is 2.38. The summed E-state index contributed by atoms with van der Waals surface area (Å²) >= 11 is 12.4. The molecule has 0 fully saturated rings. The van der Waals surface area contributed by atoms with E-state index in [0.717, 1.165) is 35.5 Å². The molecular weight excluding hydrogens is 561 g/mol. The molecule has 9 heteroatoms. The standard InChI is InChI=1S/C32H31Cl2N3O4/c1-4-5-14-35(32(39)21-16-22(33)18-23(34)17-21)20-30(38)37-27-10-7-6-9-26(27)36-15-8-11-28(36)31(37)25-19-24(40-2)12-13-29(25)41-3/h6-13,15-19,31H,4-5,14,20H2,1-3H3. The van der Waals surface area contributed by atoms with Crippen molar-refractivity contribution in [3.63, 3.8) is 0 Å². The molecule has 3 aromatic carbocycles. The highest BCUT2D eigenvalue weighted by molar-refractivity contribution is 6.35. The van der Waals surface area contributed by atoms with Gasteiger partial charge < -0.3 is 18.9 Å². The third-order valence-electron chi connectivity index (χ3n) is 7.22. The van der Waals surface area contributed by atoms with Crippen LogP contribution in [0.2, 0.25) is 10.0 Å². The number of nitrogens with zero attached hydrogens (tertiary/aromatic N) is 3. The van der Waals surface area contributed by atoms with Crippen LogP contribution in [0.25, 0.3) is 5.69 Å². The topological polar surface area (TPSA) is 64.0 Å². The number of halogens is 2. The van der Waals surface area contributed by atoms with Crippen molar-refractivity contribution >= 4 is 40.7 Å². The molecule has 7 nitrogen and oxygen atoms in total. The van der Waals surface area contributed by atoms with Gasteiger partial charge in [0.15, 0.2) is 0 Å². The van der Waals surface area contributed by atoms with Crippen LogP contribution in [-0.2, 0) is 4.79 Å². The Morgan fingerprint density at radius 3 is 2.32 bits per heavy atom. The van der Waals surface area contributed by atoms with Gasteiger partial charge in [-0.05, 0) is 67.1 Å². The van der Waals surface area contributed by atoms with E-state index in [2.05, 4.69) is 4.57 Å². The molecule has 5 rings (SSSR count). The number of carbonyl (C=O) groups is 2. The van der Waals surface area contributed by atoms with Crippen LogP contribution in [0, 0.1) is 0 Å². The number of benzene rings is 3. The number of hydrogen-bond donors (Lipinski definition) is 0. The first kappa shape index (κ1) is 28.6. The van der Waals surface area contributed by atoms with Crippen molar-refractivity contribution in [2.75, 3.05) is 32.2 Å². The van der Waals surface area contributed by atoms with Gasteiger partial charge in [-0.25, -0.2) is 0 Å². The Hall–Kier alpha value is -3.94. The van der Waals surface area contributed by atoms with Crippen molar-refractivity contribution in [3.8, 4) is 17.2 Å². The van der Waals surface area contributed by atoms with Crippen molar-refractivity contribution in [3.05, 3.63) is 106 Å². The summed E-state index contributed by atoms with van der Waals surface area (Å²) in [5.74, 6) is 0.716. The van der Waals surface area contributed by atoms with E-state index < -0.39 is 6.04 Å². The summed E-state index contributed by atoms with van der Waals surface area (Å²) < 4.78 is 13.4. The number of para-hydroxylation sites is 2. The molecule has 2 heterocycles. The van der Waals surface area contributed by atoms with Crippen molar-refractivity contribution in [2.24, 2.45) is 0 Å². The molecular formula is C32H31Cl2N3O4. The van der Waals surface area contributed by atoms with Gasteiger partial charge >= 0.3 is 0 Å². The van der Waals surface area contributed by atoms with Crippen LogP contribution < -0.4 is 14.4 Å². The zero-order valence-electron chi connectivity index (χ0n) is 23.1. The molecule has 1 aromatic heterocycles. The monoisotopic (exact) mass is 591 g/mol. The third-order valence-corrected chi connectivity index (χ3v) is 7.66. The molecule has 0 bridgehead atoms. The zero-order valence-corrected chi connectivity index (χ0v) is 24.7. The average molecular weight is 593 g/mol. The summed E-state index contributed by atoms with van der Waals surface area (Å²) in [6, 6.07) is 21.4. The third kappa shape index (κ3) is 5.65. The van der Waals surface area contributed by atoms with E-state index in [4.69, 9.17) is 32.7 Å². The number of ether oxygens (including phenoxy) is 2. The maximum absolute atomic E-state index is 14.5. The van der Waals surface area contributed by atoms with E-state index in [1.165, 1.54) is 0 Å². The van der Waals surface area contributed by atoms with Crippen molar-refractivity contribution in [2.45, 2.75) is 25.8 Å². The van der Waals surface area contributed by atoms with Gasteiger partial charge in [0, 0.05) is 33.9 Å². The lowest BCUT2D eigenvalue weighted by molar-refractivity contribution is -0.119. The fourth-order valence-corrected chi connectivity index (χ4v) is 5.84. The zero-order chi connectivity index (χ0) is 29.1. The molecule has 0 spiro atoms. The lowest BCUT2D eigenvalue weighted by atomic mass is 9.96. The van der Waals surface area contributed by atoms with Gasteiger partial charge in [0.25, 0.3) is 5.91 Å². The lowest BCUT2D eigenvalue weighted by Gasteiger charge is -2.40. The van der Waals surface area contributed by atoms with Gasteiger partial charge in [-0.3, -0.25) is 14.5 Å². The fourth-order valence-electron chi connectivity index (χ4n) is 5.31. The van der Waals surface area contributed by atoms with E-state index >= 15 is 0 Å². The maximum Gasteiger partial charge on any atom is 0.254 e. The molecule has 0 N–H and O–H groups in total. The van der Waals surface area contributed by atoms with Crippen LogP contribution in [0.5, 0.6) is 11.5 Å². The summed E-state index contributed by atoms with van der Waals surface area (Å²) in [7, 11) is 3.21. The van der Waals surface area contributed by atoms with Crippen LogP contribution in [-0.4, -0.2) is 48.6 Å². The summed E-state index contributed by atoms with van der Waals surface area (Å²) in [5.41, 5.74) is 3.58. The first-order valence-corrected chi connectivity index (χ1v) is 14.2. The van der Waals surface area contributed by atoms with Crippen LogP contribution in [0.15, 0.2) is 79.0 Å². The van der Waals surface area contributed by atoms with Gasteiger partial charge in [-0.15, -0.1) is 0 Å². The number of methoxy groups -OCH3 is 2. The second kappa shape index (κ2) is 12.3. The Bertz CT molecular complexity index is 1560. The number of rotatable bonds is 9. The number of aromatic nitrogens is 1. The minimum Gasteiger partial charge on any atom is -0.497 e. The molecule has 0 saturated carbocycles. The van der Waals surface area contributed by atoms with E-state index in [-0.39, 0.29) is 18.4 Å². The Kier molecular flexibility index (Phi) is 8.57. The Morgan fingerprint density at radius 1 is 0.902 bits per heavy atom. The summed E-state index contributed by atoms with van der Waals surface area (Å²) in [5, 5.41) is 0.719. The highest BCUT2D eigenvalue weighted by atomic mass is 35.5. The number of hydrogen-bond acceptors (Lipinski definition) is 4. The number of unbranched alkanes of at least 4 members (excludes halogenated alkanes) is 1. The van der Waals surface area contributed by atoms with Crippen LogP contribution >= 0.6 is 23.2 Å². The largest absolute Gasteiger partial charge is 0.497 e. The van der Waals surface area contributed by atoms with Crippen LogP contribution in [0.3, 0.4) is 0 Å².